The number of fused-ring (bicyclic) bond motifs is 3. The van der Waals surface area contributed by atoms with Gasteiger partial charge in [-0.3, -0.25) is 9.69 Å². The molecule has 0 bridgehead atoms. The fourth-order valence-electron chi connectivity index (χ4n) is 4.39. The van der Waals surface area contributed by atoms with E-state index < -0.39 is 11.4 Å². The zero-order valence-electron chi connectivity index (χ0n) is 14.2. The van der Waals surface area contributed by atoms with Crippen molar-refractivity contribution in [2.75, 3.05) is 4.90 Å². The summed E-state index contributed by atoms with van der Waals surface area (Å²) in [5.74, 6) is -0.968. The molecule has 6 heteroatoms. The number of rotatable bonds is 2. The van der Waals surface area contributed by atoms with Gasteiger partial charge in [-0.05, 0) is 59.9 Å². The van der Waals surface area contributed by atoms with Gasteiger partial charge in [0.2, 0.25) is 5.91 Å². The van der Waals surface area contributed by atoms with Crippen LogP contribution in [-0.2, 0) is 23.1 Å². The van der Waals surface area contributed by atoms with Crippen molar-refractivity contribution in [3.8, 4) is 0 Å². The Labute approximate surface area is 160 Å². The predicted molar refractivity (Wildman–Crippen MR) is 102 cm³/mol. The second-order valence-corrected chi connectivity index (χ2v) is 7.53. The monoisotopic (exact) mass is 378 g/mol. The van der Waals surface area contributed by atoms with Crippen molar-refractivity contribution in [2.24, 2.45) is 0 Å². The number of H-pyrrole nitrogens is 1. The highest BCUT2D eigenvalue weighted by Crippen LogP contribution is 2.52. The van der Waals surface area contributed by atoms with Crippen LogP contribution in [0.1, 0.15) is 27.0 Å². The SMILES string of the molecule is O=C(O)c1ccc2c(c1)CC1(C2)C(=O)N(c2cc[nH]c2)c2cc(Cl)ccc21. The van der Waals surface area contributed by atoms with E-state index in [0.29, 0.717) is 17.9 Å². The van der Waals surface area contributed by atoms with Crippen LogP contribution in [0.3, 0.4) is 0 Å². The van der Waals surface area contributed by atoms with Crippen molar-refractivity contribution in [3.05, 3.63) is 82.1 Å². The summed E-state index contributed by atoms with van der Waals surface area (Å²) < 4.78 is 0. The largest absolute Gasteiger partial charge is 0.478 e. The van der Waals surface area contributed by atoms with Crippen molar-refractivity contribution >= 4 is 34.9 Å². The number of amides is 1. The molecule has 134 valence electrons. The summed E-state index contributed by atoms with van der Waals surface area (Å²) in [5.41, 5.74) is 3.95. The quantitative estimate of drug-likeness (QED) is 0.705. The minimum Gasteiger partial charge on any atom is -0.478 e. The van der Waals surface area contributed by atoms with Crippen LogP contribution in [0.2, 0.25) is 5.02 Å². The number of hydrogen-bond acceptors (Lipinski definition) is 2. The Hall–Kier alpha value is -3.05. The lowest BCUT2D eigenvalue weighted by Gasteiger charge is -2.23. The van der Waals surface area contributed by atoms with E-state index in [4.69, 9.17) is 11.6 Å². The van der Waals surface area contributed by atoms with Crippen molar-refractivity contribution in [2.45, 2.75) is 18.3 Å². The Morgan fingerprint density at radius 1 is 1.11 bits per heavy atom. The molecule has 1 aromatic heterocycles. The van der Waals surface area contributed by atoms with E-state index in [2.05, 4.69) is 4.98 Å². The summed E-state index contributed by atoms with van der Waals surface area (Å²) in [5, 5.41) is 9.86. The lowest BCUT2D eigenvalue weighted by Crippen LogP contribution is -2.39. The Morgan fingerprint density at radius 3 is 2.67 bits per heavy atom. The molecule has 1 aliphatic heterocycles. The van der Waals surface area contributed by atoms with Crippen molar-refractivity contribution in [1.82, 2.24) is 4.98 Å². The third-order valence-electron chi connectivity index (χ3n) is 5.61. The Morgan fingerprint density at radius 2 is 1.93 bits per heavy atom. The Kier molecular flexibility index (Phi) is 3.27. The van der Waals surface area contributed by atoms with Gasteiger partial charge in [0, 0.05) is 17.4 Å². The fourth-order valence-corrected chi connectivity index (χ4v) is 4.56. The summed E-state index contributed by atoms with van der Waals surface area (Å²) in [4.78, 5) is 29.7. The van der Waals surface area contributed by atoms with Gasteiger partial charge < -0.3 is 10.1 Å². The molecule has 3 aromatic rings. The number of carbonyl (C=O) groups excluding carboxylic acids is 1. The number of carboxylic acids is 1. The number of aromatic amines is 1. The summed E-state index contributed by atoms with van der Waals surface area (Å²) in [6.45, 7) is 0. The predicted octanol–water partition coefficient (Wildman–Crippen LogP) is 4.08. The van der Waals surface area contributed by atoms with Crippen molar-refractivity contribution in [1.29, 1.82) is 0 Å². The summed E-state index contributed by atoms with van der Waals surface area (Å²) >= 11 is 6.23. The normalized spacial score (nSPS) is 20.2. The lowest BCUT2D eigenvalue weighted by atomic mass is 9.79. The Balaban J connectivity index is 1.67. The maximum Gasteiger partial charge on any atom is 0.335 e. The van der Waals surface area contributed by atoms with Crippen LogP contribution in [0.15, 0.2) is 54.9 Å². The van der Waals surface area contributed by atoms with Crippen LogP contribution in [0.4, 0.5) is 11.4 Å². The number of anilines is 2. The number of benzene rings is 2. The van der Waals surface area contributed by atoms with E-state index in [0.717, 1.165) is 28.1 Å². The number of carboxylic acid groups (broad SMARTS) is 1. The molecule has 5 rings (SSSR count). The molecule has 0 saturated carbocycles. The molecule has 1 spiro atoms. The molecular weight excluding hydrogens is 364 g/mol. The van der Waals surface area contributed by atoms with Gasteiger partial charge in [-0.1, -0.05) is 23.7 Å². The van der Waals surface area contributed by atoms with Crippen molar-refractivity contribution < 1.29 is 14.7 Å². The van der Waals surface area contributed by atoms with E-state index in [1.165, 1.54) is 0 Å². The first-order valence-corrected chi connectivity index (χ1v) is 9.00. The third kappa shape index (κ3) is 2.18. The van der Waals surface area contributed by atoms with Crippen LogP contribution in [0.5, 0.6) is 0 Å². The maximum atomic E-state index is 13.6. The van der Waals surface area contributed by atoms with E-state index in [1.54, 1.807) is 29.4 Å². The van der Waals surface area contributed by atoms with Gasteiger partial charge in [-0.2, -0.15) is 0 Å². The van der Waals surface area contributed by atoms with E-state index in [-0.39, 0.29) is 11.5 Å². The van der Waals surface area contributed by atoms with Crippen LogP contribution in [-0.4, -0.2) is 22.0 Å². The third-order valence-corrected chi connectivity index (χ3v) is 5.84. The molecule has 1 aliphatic carbocycles. The Bertz CT molecular complexity index is 1110. The highest BCUT2D eigenvalue weighted by molar-refractivity contribution is 6.31. The average molecular weight is 379 g/mol. The highest BCUT2D eigenvalue weighted by atomic mass is 35.5. The maximum absolute atomic E-state index is 13.6. The molecule has 2 aliphatic rings. The molecular formula is C21H15ClN2O3. The number of nitrogens with zero attached hydrogens (tertiary/aromatic N) is 1. The minimum absolute atomic E-state index is 0.00700. The molecule has 27 heavy (non-hydrogen) atoms. The average Bonchev–Trinajstić information content (AvgIpc) is 3.33. The zero-order valence-corrected chi connectivity index (χ0v) is 15.0. The lowest BCUT2D eigenvalue weighted by molar-refractivity contribution is -0.122. The van der Waals surface area contributed by atoms with Crippen LogP contribution in [0.25, 0.3) is 0 Å². The van der Waals surface area contributed by atoms with Crippen molar-refractivity contribution in [3.63, 3.8) is 0 Å². The zero-order chi connectivity index (χ0) is 18.8. The standard InChI is InChI=1S/C21H15ClN2O3/c22-15-3-4-17-18(8-15)24(16-5-6-23-11-16)20(27)21(17)9-13-2-1-12(19(25)26)7-14(13)10-21/h1-8,11,23H,9-10H2,(H,25,26). The number of aromatic carboxylic acids is 1. The van der Waals surface area contributed by atoms with Crippen LogP contribution >= 0.6 is 11.6 Å². The van der Waals surface area contributed by atoms with Gasteiger partial charge in [0.1, 0.15) is 0 Å². The number of hydrogen-bond donors (Lipinski definition) is 2. The molecule has 5 nitrogen and oxygen atoms in total. The number of nitrogens with one attached hydrogen (secondary N) is 1. The molecule has 2 aromatic carbocycles. The molecule has 1 unspecified atom stereocenters. The molecule has 1 amide bonds. The minimum atomic E-state index is -0.961. The summed E-state index contributed by atoms with van der Waals surface area (Å²) in [6, 6.07) is 12.5. The number of halogens is 1. The van der Waals surface area contributed by atoms with Gasteiger partial charge in [-0.15, -0.1) is 0 Å². The first-order chi connectivity index (χ1) is 13.0. The second-order valence-electron chi connectivity index (χ2n) is 7.10. The molecule has 2 N–H and O–H groups in total. The summed E-state index contributed by atoms with van der Waals surface area (Å²) in [7, 11) is 0. The smallest absolute Gasteiger partial charge is 0.335 e. The first kappa shape index (κ1) is 16.1. The molecule has 1 atom stereocenters. The fraction of sp³-hybridized carbons (Fsp3) is 0.143. The molecule has 0 saturated heterocycles. The number of carbonyl (C=O) groups is 2. The van der Waals surface area contributed by atoms with Gasteiger partial charge in [0.25, 0.3) is 0 Å². The van der Waals surface area contributed by atoms with Gasteiger partial charge in [0.05, 0.1) is 22.4 Å². The van der Waals surface area contributed by atoms with E-state index >= 15 is 0 Å². The van der Waals surface area contributed by atoms with Gasteiger partial charge in [0.15, 0.2) is 0 Å². The topological polar surface area (TPSA) is 73.4 Å². The van der Waals surface area contributed by atoms with Gasteiger partial charge >= 0.3 is 5.97 Å². The van der Waals surface area contributed by atoms with Crippen LogP contribution in [0, 0.1) is 0 Å². The van der Waals surface area contributed by atoms with E-state index in [1.807, 2.05) is 30.3 Å². The molecule has 2 heterocycles. The molecule has 0 fully saturated rings. The van der Waals surface area contributed by atoms with Crippen LogP contribution < -0.4 is 4.90 Å². The second kappa shape index (κ2) is 5.47. The van der Waals surface area contributed by atoms with E-state index in [9.17, 15) is 14.7 Å². The molecule has 0 radical (unpaired) electrons. The first-order valence-electron chi connectivity index (χ1n) is 8.62. The van der Waals surface area contributed by atoms with Gasteiger partial charge in [-0.25, -0.2) is 4.79 Å². The summed E-state index contributed by atoms with van der Waals surface area (Å²) in [6.07, 6.45) is 4.60. The number of aromatic nitrogens is 1. The highest BCUT2D eigenvalue weighted by Gasteiger charge is 2.54.